The Balaban J connectivity index is 1.74. The fourth-order valence-corrected chi connectivity index (χ4v) is 2.49. The minimum atomic E-state index is -1.30. The molecule has 6 nitrogen and oxygen atoms in total. The molecule has 0 spiro atoms. The molecule has 0 radical (unpaired) electrons. The molecule has 3 aromatic rings. The van der Waals surface area contributed by atoms with Gasteiger partial charge in [-0.25, -0.2) is 13.3 Å². The van der Waals surface area contributed by atoms with Crippen LogP contribution in [-0.4, -0.2) is 27.2 Å². The summed E-state index contributed by atoms with van der Waals surface area (Å²) in [5.41, 5.74) is 7.23. The number of rotatable bonds is 5. The highest BCUT2D eigenvalue weighted by atomic mass is 19.1. The zero-order chi connectivity index (χ0) is 18.0. The third kappa shape index (κ3) is 3.49. The minimum absolute atomic E-state index is 0.0908. The van der Waals surface area contributed by atoms with Gasteiger partial charge in [-0.3, -0.25) is 4.79 Å². The monoisotopic (exact) mass is 346 g/mol. The molecule has 0 aliphatic carbocycles. The van der Waals surface area contributed by atoms with E-state index in [2.05, 4.69) is 10.4 Å². The summed E-state index contributed by atoms with van der Waals surface area (Å²) in [7, 11) is 0. The van der Waals surface area contributed by atoms with Gasteiger partial charge in [0, 0.05) is 30.9 Å². The number of hydrogen-bond donors (Lipinski definition) is 3. The summed E-state index contributed by atoms with van der Waals surface area (Å²) >= 11 is 0. The lowest BCUT2D eigenvalue weighted by molar-refractivity contribution is 0.0915. The fraction of sp³-hybridized carbons (Fsp3) is 0.176. The van der Waals surface area contributed by atoms with E-state index in [1.807, 2.05) is 0 Å². The van der Waals surface area contributed by atoms with Crippen LogP contribution >= 0.6 is 0 Å². The van der Waals surface area contributed by atoms with E-state index in [0.29, 0.717) is 23.7 Å². The first kappa shape index (κ1) is 17.0. The van der Waals surface area contributed by atoms with Crippen LogP contribution in [-0.2, 0) is 6.54 Å². The summed E-state index contributed by atoms with van der Waals surface area (Å²) in [5.74, 6) is -2.07. The molecular weight excluding hydrogens is 330 g/mol. The van der Waals surface area contributed by atoms with Gasteiger partial charge in [-0.2, -0.15) is 5.10 Å². The van der Waals surface area contributed by atoms with Crippen LogP contribution in [0.1, 0.15) is 27.6 Å². The normalized spacial score (nSPS) is 12.3. The highest BCUT2D eigenvalue weighted by molar-refractivity contribution is 6.00. The van der Waals surface area contributed by atoms with Gasteiger partial charge in [0.05, 0.1) is 23.4 Å². The number of aliphatic hydroxyl groups excluding tert-OH is 1. The number of halogens is 2. The first-order valence-electron chi connectivity index (χ1n) is 7.57. The van der Waals surface area contributed by atoms with Gasteiger partial charge in [0.1, 0.15) is 11.6 Å². The number of benzene rings is 1. The summed E-state index contributed by atoms with van der Waals surface area (Å²) in [6.07, 6.45) is 1.79. The summed E-state index contributed by atoms with van der Waals surface area (Å²) < 4.78 is 28.1. The van der Waals surface area contributed by atoms with Crippen molar-refractivity contribution in [2.45, 2.75) is 12.6 Å². The second-order valence-electron chi connectivity index (χ2n) is 5.52. The number of amides is 1. The van der Waals surface area contributed by atoms with E-state index in [1.54, 1.807) is 18.3 Å². The van der Waals surface area contributed by atoms with Crippen molar-refractivity contribution in [2.24, 2.45) is 5.73 Å². The third-order valence-corrected chi connectivity index (χ3v) is 3.84. The maximum absolute atomic E-state index is 13.7. The van der Waals surface area contributed by atoms with E-state index in [0.717, 1.165) is 17.7 Å². The van der Waals surface area contributed by atoms with E-state index in [1.165, 1.54) is 10.7 Å². The number of nitrogens with two attached hydrogens (primary N) is 1. The lowest BCUT2D eigenvalue weighted by Crippen LogP contribution is -2.28. The molecule has 1 amide bonds. The number of nitrogens with zero attached hydrogens (tertiary/aromatic N) is 2. The van der Waals surface area contributed by atoms with E-state index in [4.69, 9.17) is 5.73 Å². The molecule has 8 heteroatoms. The highest BCUT2D eigenvalue weighted by Crippen LogP contribution is 2.18. The van der Waals surface area contributed by atoms with Crippen molar-refractivity contribution in [3.63, 3.8) is 0 Å². The Bertz CT molecular complexity index is 926. The smallest absolute Gasteiger partial charge is 0.255 e. The zero-order valence-corrected chi connectivity index (χ0v) is 13.1. The van der Waals surface area contributed by atoms with E-state index < -0.39 is 23.6 Å². The Kier molecular flexibility index (Phi) is 4.73. The molecule has 130 valence electrons. The molecule has 0 fully saturated rings. The number of carbonyl (C=O) groups excluding carboxylic acids is 1. The molecular formula is C17H16F2N4O2. The summed E-state index contributed by atoms with van der Waals surface area (Å²) in [4.78, 5) is 12.3. The number of aliphatic hydroxyl groups is 1. The van der Waals surface area contributed by atoms with Crippen LogP contribution in [0.4, 0.5) is 8.78 Å². The molecule has 0 aliphatic heterocycles. The van der Waals surface area contributed by atoms with Crippen LogP contribution < -0.4 is 11.1 Å². The number of hydrogen-bond acceptors (Lipinski definition) is 4. The molecule has 0 bridgehead atoms. The quantitative estimate of drug-likeness (QED) is 0.653. The van der Waals surface area contributed by atoms with Crippen molar-refractivity contribution in [1.82, 2.24) is 14.9 Å². The molecule has 25 heavy (non-hydrogen) atoms. The minimum Gasteiger partial charge on any atom is -0.386 e. The molecule has 1 atom stereocenters. The van der Waals surface area contributed by atoms with E-state index in [9.17, 15) is 18.7 Å². The summed E-state index contributed by atoms with van der Waals surface area (Å²) in [5, 5.41) is 16.6. The number of fused-ring (bicyclic) bond motifs is 1. The van der Waals surface area contributed by atoms with E-state index in [-0.39, 0.29) is 12.1 Å². The van der Waals surface area contributed by atoms with Gasteiger partial charge in [0.25, 0.3) is 5.91 Å². The Labute approximate surface area is 141 Å². The van der Waals surface area contributed by atoms with Gasteiger partial charge >= 0.3 is 0 Å². The van der Waals surface area contributed by atoms with Gasteiger partial charge in [-0.05, 0) is 23.8 Å². The van der Waals surface area contributed by atoms with Crippen LogP contribution in [0.25, 0.3) is 5.52 Å². The molecule has 0 saturated carbocycles. The van der Waals surface area contributed by atoms with Gasteiger partial charge in [0.15, 0.2) is 0 Å². The molecule has 0 aliphatic rings. The standard InChI is InChI=1S/C17H16F2N4O2/c18-11-1-2-12(14(19)6-11)16(24)9-21-17(25)13-8-22-23-4-3-10(7-20)5-15(13)23/h1-6,8,16,24H,7,9,20H2,(H,21,25)/t16-/m0/s1. The van der Waals surface area contributed by atoms with Gasteiger partial charge < -0.3 is 16.2 Å². The average molecular weight is 346 g/mol. The van der Waals surface area contributed by atoms with Crippen molar-refractivity contribution in [2.75, 3.05) is 6.54 Å². The molecule has 2 aromatic heterocycles. The van der Waals surface area contributed by atoms with Crippen molar-refractivity contribution >= 4 is 11.4 Å². The van der Waals surface area contributed by atoms with Crippen LogP contribution in [0.3, 0.4) is 0 Å². The topological polar surface area (TPSA) is 92.7 Å². The Morgan fingerprint density at radius 3 is 2.84 bits per heavy atom. The molecule has 0 saturated heterocycles. The Morgan fingerprint density at radius 1 is 1.32 bits per heavy atom. The molecule has 1 aromatic carbocycles. The second-order valence-corrected chi connectivity index (χ2v) is 5.52. The first-order valence-corrected chi connectivity index (χ1v) is 7.57. The van der Waals surface area contributed by atoms with E-state index >= 15 is 0 Å². The van der Waals surface area contributed by atoms with Crippen LogP contribution in [0.15, 0.2) is 42.7 Å². The predicted octanol–water partition coefficient (Wildman–Crippen LogP) is 1.53. The number of nitrogens with one attached hydrogen (secondary N) is 1. The van der Waals surface area contributed by atoms with Crippen LogP contribution in [0.5, 0.6) is 0 Å². The molecule has 3 rings (SSSR count). The summed E-state index contributed by atoms with van der Waals surface area (Å²) in [6, 6.07) is 6.41. The van der Waals surface area contributed by atoms with Crippen LogP contribution in [0.2, 0.25) is 0 Å². The lowest BCUT2D eigenvalue weighted by Gasteiger charge is -2.13. The average Bonchev–Trinajstić information content (AvgIpc) is 3.02. The maximum atomic E-state index is 13.7. The predicted molar refractivity (Wildman–Crippen MR) is 86.7 cm³/mol. The Hall–Kier alpha value is -2.84. The number of aromatic nitrogens is 2. The Morgan fingerprint density at radius 2 is 2.12 bits per heavy atom. The van der Waals surface area contributed by atoms with Crippen molar-refractivity contribution in [3.8, 4) is 0 Å². The van der Waals surface area contributed by atoms with Crippen molar-refractivity contribution in [1.29, 1.82) is 0 Å². The van der Waals surface area contributed by atoms with Crippen molar-refractivity contribution in [3.05, 3.63) is 71.1 Å². The molecule has 4 N–H and O–H groups in total. The number of carbonyl (C=O) groups is 1. The largest absolute Gasteiger partial charge is 0.386 e. The number of pyridine rings is 1. The maximum Gasteiger partial charge on any atom is 0.255 e. The molecule has 0 unspecified atom stereocenters. The first-order chi connectivity index (χ1) is 12.0. The van der Waals surface area contributed by atoms with Gasteiger partial charge in [0.2, 0.25) is 0 Å². The zero-order valence-electron chi connectivity index (χ0n) is 13.1. The fourth-order valence-electron chi connectivity index (χ4n) is 2.49. The van der Waals surface area contributed by atoms with Crippen LogP contribution in [0, 0.1) is 11.6 Å². The van der Waals surface area contributed by atoms with Gasteiger partial charge in [-0.1, -0.05) is 6.07 Å². The lowest BCUT2D eigenvalue weighted by atomic mass is 10.1. The third-order valence-electron chi connectivity index (χ3n) is 3.84. The summed E-state index contributed by atoms with van der Waals surface area (Å²) in [6.45, 7) is 0.0978. The highest BCUT2D eigenvalue weighted by Gasteiger charge is 2.17. The second kappa shape index (κ2) is 6.96. The SMILES string of the molecule is NCc1ccn2ncc(C(=O)NC[C@H](O)c3ccc(F)cc3F)c2c1. The molecule has 2 heterocycles. The van der Waals surface area contributed by atoms with Gasteiger partial charge in [-0.15, -0.1) is 0 Å². The van der Waals surface area contributed by atoms with Crippen molar-refractivity contribution < 1.29 is 18.7 Å².